The third-order valence-electron chi connectivity index (χ3n) is 6.80. The van der Waals surface area contributed by atoms with Gasteiger partial charge in [-0.1, -0.05) is 38.7 Å². The first-order chi connectivity index (χ1) is 15.5. The maximum absolute atomic E-state index is 13.1. The molecule has 1 N–H and O–H groups in total. The molecule has 6 nitrogen and oxygen atoms in total. The number of hydrogen-bond acceptors (Lipinski definition) is 5. The van der Waals surface area contributed by atoms with Crippen molar-refractivity contribution >= 4 is 27.2 Å². The van der Waals surface area contributed by atoms with Crippen molar-refractivity contribution in [2.45, 2.75) is 68.4 Å². The molecule has 2 aliphatic rings. The van der Waals surface area contributed by atoms with Crippen LogP contribution in [-0.4, -0.2) is 37.6 Å². The number of aromatic nitrogens is 1. The van der Waals surface area contributed by atoms with Gasteiger partial charge in [-0.15, -0.1) is 0 Å². The zero-order valence-electron chi connectivity index (χ0n) is 18.8. The molecule has 4 rings (SSSR count). The summed E-state index contributed by atoms with van der Waals surface area (Å²) in [6.45, 7) is 4.02. The van der Waals surface area contributed by atoms with Crippen LogP contribution in [0.5, 0.6) is 0 Å². The standard InChI is InChI=1S/C25H33N3O3S/c1-2-7-19-13-16-28(17-14-19)24-23(12-6-15-26-24)25(29)27-20-8-5-11-22(18-20)32(30,31)21-9-3-4-10-21/h5-6,8,11-12,15,18-19,21H,2-4,7,9-10,13-14,16-17H2,1H3,(H,27,29). The van der Waals surface area contributed by atoms with Gasteiger partial charge in [-0.05, 0) is 61.9 Å². The SMILES string of the molecule is CCCC1CCN(c2ncccc2C(=O)Nc2cccc(S(=O)(=O)C3CCCC3)c2)CC1. The lowest BCUT2D eigenvalue weighted by molar-refractivity contribution is 0.102. The predicted octanol–water partition coefficient (Wildman–Crippen LogP) is 5.07. The van der Waals surface area contributed by atoms with Crippen LogP contribution < -0.4 is 10.2 Å². The van der Waals surface area contributed by atoms with Crippen molar-refractivity contribution in [3.8, 4) is 0 Å². The van der Waals surface area contributed by atoms with E-state index in [-0.39, 0.29) is 16.1 Å². The highest BCUT2D eigenvalue weighted by atomic mass is 32.2. The summed E-state index contributed by atoms with van der Waals surface area (Å²) in [4.78, 5) is 20.1. The monoisotopic (exact) mass is 455 g/mol. The van der Waals surface area contributed by atoms with Crippen molar-refractivity contribution in [3.63, 3.8) is 0 Å². The van der Waals surface area contributed by atoms with E-state index in [1.54, 1.807) is 42.6 Å². The molecule has 1 aromatic heterocycles. The second-order valence-electron chi connectivity index (χ2n) is 9.03. The maximum atomic E-state index is 13.1. The van der Waals surface area contributed by atoms with E-state index in [4.69, 9.17) is 0 Å². The number of hydrogen-bond donors (Lipinski definition) is 1. The van der Waals surface area contributed by atoms with Crippen LogP contribution in [0.4, 0.5) is 11.5 Å². The van der Waals surface area contributed by atoms with E-state index in [0.717, 1.165) is 44.7 Å². The Labute approximate surface area is 191 Å². The smallest absolute Gasteiger partial charge is 0.259 e. The Kier molecular flexibility index (Phi) is 7.13. The predicted molar refractivity (Wildman–Crippen MR) is 128 cm³/mol. The van der Waals surface area contributed by atoms with Gasteiger partial charge in [0.25, 0.3) is 5.91 Å². The number of piperidine rings is 1. The summed E-state index contributed by atoms with van der Waals surface area (Å²) >= 11 is 0. The Bertz CT molecular complexity index is 1040. The van der Waals surface area contributed by atoms with Crippen molar-refractivity contribution in [1.82, 2.24) is 4.98 Å². The number of nitrogens with one attached hydrogen (secondary N) is 1. The summed E-state index contributed by atoms with van der Waals surface area (Å²) < 4.78 is 25.9. The molecule has 1 amide bonds. The second-order valence-corrected chi connectivity index (χ2v) is 11.3. The second kappa shape index (κ2) is 10.0. The van der Waals surface area contributed by atoms with Crippen LogP contribution in [-0.2, 0) is 9.84 Å². The van der Waals surface area contributed by atoms with E-state index >= 15 is 0 Å². The molecule has 1 aliphatic heterocycles. The van der Waals surface area contributed by atoms with Gasteiger partial charge in [-0.25, -0.2) is 13.4 Å². The van der Waals surface area contributed by atoms with E-state index in [2.05, 4.69) is 22.1 Å². The molecule has 2 heterocycles. The van der Waals surface area contributed by atoms with Crippen LogP contribution in [0, 0.1) is 5.92 Å². The molecule has 1 saturated heterocycles. The number of nitrogens with zero attached hydrogens (tertiary/aromatic N) is 2. The molecular weight excluding hydrogens is 422 g/mol. The summed E-state index contributed by atoms with van der Waals surface area (Å²) in [5.74, 6) is 1.19. The van der Waals surface area contributed by atoms with E-state index in [0.29, 0.717) is 29.9 Å². The van der Waals surface area contributed by atoms with Crippen molar-refractivity contribution in [2.75, 3.05) is 23.3 Å². The number of carbonyl (C=O) groups is 1. The van der Waals surface area contributed by atoms with Gasteiger partial charge in [0.1, 0.15) is 5.82 Å². The molecule has 7 heteroatoms. The molecule has 0 unspecified atom stereocenters. The fourth-order valence-electron chi connectivity index (χ4n) is 5.01. The van der Waals surface area contributed by atoms with Gasteiger partial charge in [-0.2, -0.15) is 0 Å². The maximum Gasteiger partial charge on any atom is 0.259 e. The van der Waals surface area contributed by atoms with Crippen LogP contribution in [0.1, 0.15) is 68.6 Å². The topological polar surface area (TPSA) is 79.4 Å². The molecular formula is C25H33N3O3S. The number of amides is 1. The molecule has 32 heavy (non-hydrogen) atoms. The number of anilines is 2. The highest BCUT2D eigenvalue weighted by Gasteiger charge is 2.30. The van der Waals surface area contributed by atoms with Crippen LogP contribution in [0.25, 0.3) is 0 Å². The zero-order valence-corrected chi connectivity index (χ0v) is 19.6. The highest BCUT2D eigenvalue weighted by Crippen LogP contribution is 2.31. The Morgan fingerprint density at radius 3 is 2.56 bits per heavy atom. The largest absolute Gasteiger partial charge is 0.356 e. The fourth-order valence-corrected chi connectivity index (χ4v) is 6.91. The van der Waals surface area contributed by atoms with E-state index < -0.39 is 9.84 Å². The van der Waals surface area contributed by atoms with Crippen LogP contribution in [0.2, 0.25) is 0 Å². The Hall–Kier alpha value is -2.41. The number of carbonyl (C=O) groups excluding carboxylic acids is 1. The van der Waals surface area contributed by atoms with Gasteiger partial charge < -0.3 is 10.2 Å². The minimum atomic E-state index is -3.37. The van der Waals surface area contributed by atoms with Crippen molar-refractivity contribution in [1.29, 1.82) is 0 Å². The molecule has 1 saturated carbocycles. The van der Waals surface area contributed by atoms with Crippen LogP contribution in [0.3, 0.4) is 0 Å². The molecule has 1 aliphatic carbocycles. The van der Waals surface area contributed by atoms with Crippen molar-refractivity contribution in [3.05, 3.63) is 48.2 Å². The lowest BCUT2D eigenvalue weighted by Crippen LogP contribution is -2.35. The van der Waals surface area contributed by atoms with E-state index in [9.17, 15) is 13.2 Å². The van der Waals surface area contributed by atoms with Gasteiger partial charge in [0.15, 0.2) is 9.84 Å². The van der Waals surface area contributed by atoms with Gasteiger partial charge in [0.2, 0.25) is 0 Å². The fraction of sp³-hybridized carbons (Fsp3) is 0.520. The first kappa shape index (κ1) is 22.8. The molecule has 0 atom stereocenters. The highest BCUT2D eigenvalue weighted by molar-refractivity contribution is 7.92. The molecule has 0 radical (unpaired) electrons. The lowest BCUT2D eigenvalue weighted by Gasteiger charge is -2.33. The quantitative estimate of drug-likeness (QED) is 0.631. The van der Waals surface area contributed by atoms with Crippen molar-refractivity contribution < 1.29 is 13.2 Å². The first-order valence-corrected chi connectivity index (χ1v) is 13.4. The normalized spacial score (nSPS) is 18.1. The van der Waals surface area contributed by atoms with Crippen LogP contribution in [0.15, 0.2) is 47.5 Å². The average molecular weight is 456 g/mol. The Morgan fingerprint density at radius 2 is 1.84 bits per heavy atom. The summed E-state index contributed by atoms with van der Waals surface area (Å²) in [6, 6.07) is 10.2. The minimum Gasteiger partial charge on any atom is -0.356 e. The summed E-state index contributed by atoms with van der Waals surface area (Å²) in [6.07, 6.45) is 9.76. The van der Waals surface area contributed by atoms with Gasteiger partial charge in [-0.3, -0.25) is 4.79 Å². The van der Waals surface area contributed by atoms with E-state index in [1.165, 1.54) is 12.8 Å². The number of pyridine rings is 1. The van der Waals surface area contributed by atoms with Gasteiger partial charge >= 0.3 is 0 Å². The zero-order chi connectivity index (χ0) is 22.6. The van der Waals surface area contributed by atoms with E-state index in [1.807, 2.05) is 0 Å². The Morgan fingerprint density at radius 1 is 1.09 bits per heavy atom. The van der Waals surface area contributed by atoms with Gasteiger partial charge in [0, 0.05) is 25.0 Å². The Balaban J connectivity index is 1.50. The van der Waals surface area contributed by atoms with Crippen molar-refractivity contribution in [2.24, 2.45) is 5.92 Å². The molecule has 0 spiro atoms. The minimum absolute atomic E-state index is 0.265. The molecule has 0 bridgehead atoms. The summed E-state index contributed by atoms with van der Waals surface area (Å²) in [7, 11) is -3.37. The molecule has 1 aromatic carbocycles. The first-order valence-electron chi connectivity index (χ1n) is 11.8. The lowest BCUT2D eigenvalue weighted by atomic mass is 9.92. The average Bonchev–Trinajstić information content (AvgIpc) is 3.36. The third kappa shape index (κ3) is 4.98. The summed E-state index contributed by atoms with van der Waals surface area (Å²) in [5, 5.41) is 2.59. The van der Waals surface area contributed by atoms with Gasteiger partial charge in [0.05, 0.1) is 15.7 Å². The number of benzene rings is 1. The molecule has 2 fully saturated rings. The summed E-state index contributed by atoms with van der Waals surface area (Å²) in [5.41, 5.74) is 1.01. The number of sulfone groups is 1. The number of rotatable bonds is 7. The third-order valence-corrected chi connectivity index (χ3v) is 9.06. The molecule has 172 valence electrons. The molecule has 2 aromatic rings. The van der Waals surface area contributed by atoms with Crippen LogP contribution >= 0.6 is 0 Å².